The van der Waals surface area contributed by atoms with E-state index in [1.807, 2.05) is 48.5 Å². The van der Waals surface area contributed by atoms with Crippen LogP contribution in [0.2, 0.25) is 0 Å². The molecule has 2 aromatic carbocycles. The van der Waals surface area contributed by atoms with Gasteiger partial charge in [0.05, 0.1) is 19.8 Å². The number of nitrogens with zero attached hydrogens (tertiary/aromatic N) is 1. The number of benzene rings is 2. The molecule has 1 N–H and O–H groups in total. The van der Waals surface area contributed by atoms with Gasteiger partial charge in [0.1, 0.15) is 23.7 Å². The number of aliphatic hydroxyl groups is 1. The third-order valence-electron chi connectivity index (χ3n) is 4.07. The third-order valence-corrected chi connectivity index (χ3v) is 4.07. The Hall–Kier alpha value is -2.57. The van der Waals surface area contributed by atoms with Gasteiger partial charge in [-0.1, -0.05) is 36.4 Å². The Labute approximate surface area is 152 Å². The normalized spacial score (nSPS) is 20.3. The fraction of sp³-hybridized carbons (Fsp3) is 0.350. The Morgan fingerprint density at radius 1 is 1.04 bits per heavy atom. The molecule has 1 heterocycles. The lowest BCUT2D eigenvalue weighted by molar-refractivity contribution is -0.137. The minimum absolute atomic E-state index is 0.0420. The number of rotatable bonds is 6. The van der Waals surface area contributed by atoms with Crippen molar-refractivity contribution in [1.82, 2.24) is 4.90 Å². The second-order valence-corrected chi connectivity index (χ2v) is 6.30. The van der Waals surface area contributed by atoms with Crippen LogP contribution in [0.3, 0.4) is 0 Å². The predicted molar refractivity (Wildman–Crippen MR) is 96.2 cm³/mol. The zero-order chi connectivity index (χ0) is 18.2. The number of β-amino-alcohol motifs (C(OH)–C–C–N with tert-alkyl or cyclic N) is 1. The van der Waals surface area contributed by atoms with E-state index < -0.39 is 5.60 Å². The molecule has 0 bridgehead atoms. The average Bonchev–Trinajstić information content (AvgIpc) is 2.88. The second-order valence-electron chi connectivity index (χ2n) is 6.30. The summed E-state index contributed by atoms with van der Waals surface area (Å²) in [4.78, 5) is 14.0. The molecule has 26 heavy (non-hydrogen) atoms. The van der Waals surface area contributed by atoms with Gasteiger partial charge in [0.15, 0.2) is 6.61 Å². The highest BCUT2D eigenvalue weighted by molar-refractivity contribution is 5.78. The largest absolute Gasteiger partial charge is 0.490 e. The van der Waals surface area contributed by atoms with Crippen molar-refractivity contribution in [3.8, 4) is 11.5 Å². The van der Waals surface area contributed by atoms with Gasteiger partial charge in [0, 0.05) is 6.54 Å². The van der Waals surface area contributed by atoms with Crippen LogP contribution < -0.4 is 9.47 Å². The van der Waals surface area contributed by atoms with Crippen molar-refractivity contribution >= 4 is 5.91 Å². The van der Waals surface area contributed by atoms with Gasteiger partial charge in [-0.25, -0.2) is 0 Å². The van der Waals surface area contributed by atoms with Crippen LogP contribution in [0, 0.1) is 0 Å². The molecular formula is C20H23NO5. The van der Waals surface area contributed by atoms with Crippen LogP contribution in [0.4, 0.5) is 0 Å². The summed E-state index contributed by atoms with van der Waals surface area (Å²) in [6.45, 7) is 0.981. The van der Waals surface area contributed by atoms with Crippen molar-refractivity contribution in [2.45, 2.75) is 5.60 Å². The SMILES string of the molecule is O=C(COc1ccccc1)N1CCOC[C@@](O)(COc2ccccc2)C1. The quantitative estimate of drug-likeness (QED) is 0.853. The van der Waals surface area contributed by atoms with Crippen molar-refractivity contribution in [3.05, 3.63) is 60.7 Å². The van der Waals surface area contributed by atoms with Crippen molar-refractivity contribution in [1.29, 1.82) is 0 Å². The molecule has 1 amide bonds. The lowest BCUT2D eigenvalue weighted by Crippen LogP contribution is -2.51. The van der Waals surface area contributed by atoms with Crippen molar-refractivity contribution in [2.24, 2.45) is 0 Å². The Bertz CT molecular complexity index is 694. The number of carbonyl (C=O) groups is 1. The Morgan fingerprint density at radius 3 is 2.31 bits per heavy atom. The van der Waals surface area contributed by atoms with Crippen LogP contribution in [0.1, 0.15) is 0 Å². The molecule has 2 aromatic rings. The van der Waals surface area contributed by atoms with Crippen molar-refractivity contribution < 1.29 is 24.1 Å². The third kappa shape index (κ3) is 5.21. The number of para-hydroxylation sites is 2. The molecule has 0 radical (unpaired) electrons. The fourth-order valence-electron chi connectivity index (χ4n) is 2.70. The number of amides is 1. The highest BCUT2D eigenvalue weighted by Crippen LogP contribution is 2.17. The number of carbonyl (C=O) groups excluding carboxylic acids is 1. The van der Waals surface area contributed by atoms with Crippen LogP contribution in [0.25, 0.3) is 0 Å². The topological polar surface area (TPSA) is 68.2 Å². The van der Waals surface area contributed by atoms with Gasteiger partial charge in [-0.15, -0.1) is 0 Å². The van der Waals surface area contributed by atoms with E-state index in [0.29, 0.717) is 24.7 Å². The van der Waals surface area contributed by atoms with Crippen molar-refractivity contribution in [2.75, 3.05) is 39.5 Å². The molecule has 1 aliphatic heterocycles. The first-order valence-corrected chi connectivity index (χ1v) is 8.58. The summed E-state index contributed by atoms with van der Waals surface area (Å²) in [7, 11) is 0. The molecule has 0 spiro atoms. The van der Waals surface area contributed by atoms with E-state index in [1.54, 1.807) is 17.0 Å². The molecule has 0 unspecified atom stereocenters. The summed E-state index contributed by atoms with van der Waals surface area (Å²) in [6, 6.07) is 18.4. The molecular weight excluding hydrogens is 334 g/mol. The Morgan fingerprint density at radius 2 is 1.65 bits per heavy atom. The molecule has 1 saturated heterocycles. The molecule has 6 heteroatoms. The van der Waals surface area contributed by atoms with Crippen LogP contribution in [-0.4, -0.2) is 61.0 Å². The van der Waals surface area contributed by atoms with Gasteiger partial charge in [-0.05, 0) is 24.3 Å². The zero-order valence-corrected chi connectivity index (χ0v) is 14.5. The first-order chi connectivity index (χ1) is 12.6. The maximum Gasteiger partial charge on any atom is 0.260 e. The predicted octanol–water partition coefficient (Wildman–Crippen LogP) is 1.73. The molecule has 1 atom stereocenters. The molecule has 0 aliphatic carbocycles. The van der Waals surface area contributed by atoms with E-state index in [-0.39, 0.29) is 32.3 Å². The minimum Gasteiger partial charge on any atom is -0.490 e. The molecule has 138 valence electrons. The van der Waals surface area contributed by atoms with Gasteiger partial charge < -0.3 is 24.2 Å². The van der Waals surface area contributed by atoms with E-state index in [2.05, 4.69) is 0 Å². The van der Waals surface area contributed by atoms with Crippen LogP contribution >= 0.6 is 0 Å². The average molecular weight is 357 g/mol. The van der Waals surface area contributed by atoms with Gasteiger partial charge in [0.25, 0.3) is 5.91 Å². The molecule has 1 fully saturated rings. The Kier molecular flexibility index (Phi) is 6.09. The first-order valence-electron chi connectivity index (χ1n) is 8.58. The lowest BCUT2D eigenvalue weighted by atomic mass is 10.1. The van der Waals surface area contributed by atoms with E-state index in [4.69, 9.17) is 14.2 Å². The summed E-state index contributed by atoms with van der Waals surface area (Å²) in [5.74, 6) is 1.10. The van der Waals surface area contributed by atoms with Gasteiger partial charge in [-0.3, -0.25) is 4.79 Å². The van der Waals surface area contributed by atoms with Gasteiger partial charge in [0.2, 0.25) is 0 Å². The van der Waals surface area contributed by atoms with Crippen LogP contribution in [0.15, 0.2) is 60.7 Å². The van der Waals surface area contributed by atoms with Gasteiger partial charge in [-0.2, -0.15) is 0 Å². The smallest absolute Gasteiger partial charge is 0.260 e. The van der Waals surface area contributed by atoms with Crippen LogP contribution in [-0.2, 0) is 9.53 Å². The molecule has 0 aromatic heterocycles. The minimum atomic E-state index is -1.27. The van der Waals surface area contributed by atoms with Gasteiger partial charge >= 0.3 is 0 Å². The summed E-state index contributed by atoms with van der Waals surface area (Å²) < 4.78 is 16.7. The highest BCUT2D eigenvalue weighted by atomic mass is 16.5. The van der Waals surface area contributed by atoms with Crippen molar-refractivity contribution in [3.63, 3.8) is 0 Å². The lowest BCUT2D eigenvalue weighted by Gasteiger charge is -2.30. The Balaban J connectivity index is 1.56. The molecule has 0 saturated carbocycles. The number of ether oxygens (including phenoxy) is 3. The maximum absolute atomic E-state index is 12.5. The molecule has 1 aliphatic rings. The monoisotopic (exact) mass is 357 g/mol. The first kappa shape index (κ1) is 18.2. The fourth-order valence-corrected chi connectivity index (χ4v) is 2.70. The molecule has 6 nitrogen and oxygen atoms in total. The molecule has 3 rings (SSSR count). The zero-order valence-electron chi connectivity index (χ0n) is 14.5. The standard InChI is InChI=1S/C20H23NO5/c22-19(13-25-17-7-3-1-4-8-17)21-11-12-24-15-20(23,14-21)16-26-18-9-5-2-6-10-18/h1-10,23H,11-16H2/t20-/m1/s1. The second kappa shape index (κ2) is 8.69. The van der Waals surface area contributed by atoms with Crippen LogP contribution in [0.5, 0.6) is 11.5 Å². The van der Waals surface area contributed by atoms with E-state index in [1.165, 1.54) is 0 Å². The van der Waals surface area contributed by atoms with E-state index in [0.717, 1.165) is 0 Å². The summed E-state index contributed by atoms with van der Waals surface area (Å²) in [5.41, 5.74) is -1.27. The maximum atomic E-state index is 12.5. The number of hydrogen-bond donors (Lipinski definition) is 1. The number of hydrogen-bond acceptors (Lipinski definition) is 5. The summed E-state index contributed by atoms with van der Waals surface area (Å²) >= 11 is 0. The summed E-state index contributed by atoms with van der Waals surface area (Å²) in [5, 5.41) is 10.8. The summed E-state index contributed by atoms with van der Waals surface area (Å²) in [6.07, 6.45) is 0. The van der Waals surface area contributed by atoms with E-state index in [9.17, 15) is 9.90 Å². The highest BCUT2D eigenvalue weighted by Gasteiger charge is 2.35. The van der Waals surface area contributed by atoms with E-state index >= 15 is 0 Å².